The van der Waals surface area contributed by atoms with Crippen molar-refractivity contribution >= 4 is 23.0 Å². The Morgan fingerprint density at radius 3 is 2.33 bits per heavy atom. The summed E-state index contributed by atoms with van der Waals surface area (Å²) in [4.78, 5) is 28.9. The first-order valence-electron chi connectivity index (χ1n) is 12.6. The highest BCUT2D eigenvalue weighted by molar-refractivity contribution is 6.31. The number of Topliss-reactive ketones (excluding diaryl/α,β-unsaturated/α-hetero) is 2. The van der Waals surface area contributed by atoms with Crippen LogP contribution in [0, 0.1) is 6.92 Å². The van der Waals surface area contributed by atoms with Crippen molar-refractivity contribution in [1.29, 1.82) is 0 Å². The third-order valence-electron chi connectivity index (χ3n) is 7.05. The number of nitrogens with zero attached hydrogens (tertiary/aromatic N) is 2. The van der Waals surface area contributed by atoms with E-state index < -0.39 is 17.8 Å². The molecule has 1 saturated carbocycles. The molecule has 0 amide bonds. The SMILES string of the molecule is CCN(CCOC)c1ccc(C2C(=O)C(=C3C=CC(=[N+](CC)CCOC)C=C3C)C(=O)C2O)c(C)c1. The summed E-state index contributed by atoms with van der Waals surface area (Å²) in [6.07, 6.45) is 4.35. The van der Waals surface area contributed by atoms with E-state index in [1.807, 2.05) is 50.3 Å². The van der Waals surface area contributed by atoms with Gasteiger partial charge >= 0.3 is 0 Å². The minimum absolute atomic E-state index is 0.0928. The van der Waals surface area contributed by atoms with Gasteiger partial charge in [0.15, 0.2) is 23.8 Å². The number of aliphatic hydroxyl groups is 1. The van der Waals surface area contributed by atoms with Crippen LogP contribution in [0.1, 0.15) is 37.8 Å². The molecule has 2 aliphatic carbocycles. The van der Waals surface area contributed by atoms with Gasteiger partial charge < -0.3 is 19.5 Å². The topological polar surface area (TPSA) is 79.1 Å². The van der Waals surface area contributed by atoms with Crippen LogP contribution in [0.4, 0.5) is 5.69 Å². The van der Waals surface area contributed by atoms with Gasteiger partial charge in [0.25, 0.3) is 0 Å². The maximum Gasteiger partial charge on any atom is 0.200 e. The average molecular weight is 496 g/mol. The van der Waals surface area contributed by atoms with Gasteiger partial charge in [-0.3, -0.25) is 9.59 Å². The lowest BCUT2D eigenvalue weighted by Gasteiger charge is -2.24. The Hall–Kier alpha value is -2.87. The van der Waals surface area contributed by atoms with Crippen molar-refractivity contribution in [3.05, 3.63) is 64.3 Å². The van der Waals surface area contributed by atoms with Gasteiger partial charge in [0.1, 0.15) is 19.3 Å². The normalized spacial score (nSPS) is 23.4. The first-order chi connectivity index (χ1) is 17.3. The number of ketones is 2. The molecule has 1 N–H and O–H groups in total. The Balaban J connectivity index is 1.95. The third-order valence-corrected chi connectivity index (χ3v) is 7.05. The van der Waals surface area contributed by atoms with Gasteiger partial charge in [-0.2, -0.15) is 0 Å². The smallest absolute Gasteiger partial charge is 0.200 e. The summed E-state index contributed by atoms with van der Waals surface area (Å²) >= 11 is 0. The second-order valence-electron chi connectivity index (χ2n) is 9.21. The van der Waals surface area contributed by atoms with Gasteiger partial charge in [-0.25, -0.2) is 4.58 Å². The Morgan fingerprint density at radius 2 is 1.75 bits per heavy atom. The number of rotatable bonds is 10. The Morgan fingerprint density at radius 1 is 1.03 bits per heavy atom. The van der Waals surface area contributed by atoms with E-state index in [-0.39, 0.29) is 11.4 Å². The van der Waals surface area contributed by atoms with Gasteiger partial charge in [-0.1, -0.05) is 6.07 Å². The zero-order chi connectivity index (χ0) is 26.4. The molecule has 2 aliphatic rings. The molecule has 1 fully saturated rings. The van der Waals surface area contributed by atoms with Crippen LogP contribution in [0.25, 0.3) is 0 Å². The zero-order valence-corrected chi connectivity index (χ0v) is 22.3. The minimum Gasteiger partial charge on any atom is -0.384 e. The quantitative estimate of drug-likeness (QED) is 0.305. The number of allylic oxidation sites excluding steroid dienone is 5. The number of hydrogen-bond donors (Lipinski definition) is 1. The molecule has 1 aromatic rings. The summed E-state index contributed by atoms with van der Waals surface area (Å²) in [7, 11) is 3.35. The molecule has 3 rings (SSSR count). The predicted octanol–water partition coefficient (Wildman–Crippen LogP) is 3.00. The van der Waals surface area contributed by atoms with Crippen LogP contribution in [0.2, 0.25) is 0 Å². The highest BCUT2D eigenvalue weighted by atomic mass is 16.5. The second kappa shape index (κ2) is 12.4. The fraction of sp³-hybridized carbons (Fsp3) is 0.483. The van der Waals surface area contributed by atoms with Crippen molar-refractivity contribution in [3.8, 4) is 0 Å². The van der Waals surface area contributed by atoms with E-state index in [0.717, 1.165) is 48.7 Å². The summed E-state index contributed by atoms with van der Waals surface area (Å²) in [5, 5.41) is 10.9. The molecule has 194 valence electrons. The van der Waals surface area contributed by atoms with E-state index in [1.54, 1.807) is 14.2 Å². The number of methoxy groups -OCH3 is 2. The molecule has 0 spiro atoms. The van der Waals surface area contributed by atoms with E-state index in [4.69, 9.17) is 9.47 Å². The molecule has 0 saturated heterocycles. The summed E-state index contributed by atoms with van der Waals surface area (Å²) in [6.45, 7) is 12.3. The summed E-state index contributed by atoms with van der Waals surface area (Å²) in [6, 6.07) is 5.83. The van der Waals surface area contributed by atoms with Crippen LogP contribution in [-0.2, 0) is 19.1 Å². The van der Waals surface area contributed by atoms with Crippen LogP contribution in [0.5, 0.6) is 0 Å². The van der Waals surface area contributed by atoms with Crippen molar-refractivity contribution in [2.24, 2.45) is 0 Å². The van der Waals surface area contributed by atoms with E-state index >= 15 is 0 Å². The molecular formula is C29H39N2O5+. The third kappa shape index (κ3) is 5.59. The molecule has 7 nitrogen and oxygen atoms in total. The van der Waals surface area contributed by atoms with Crippen LogP contribution in [0.15, 0.2) is 53.1 Å². The number of benzene rings is 1. The van der Waals surface area contributed by atoms with Crippen molar-refractivity contribution in [1.82, 2.24) is 0 Å². The number of aryl methyl sites for hydroxylation is 1. The van der Waals surface area contributed by atoms with Crippen LogP contribution in [-0.4, -0.2) is 86.7 Å². The van der Waals surface area contributed by atoms with E-state index in [9.17, 15) is 14.7 Å². The number of hydrogen-bond acceptors (Lipinski definition) is 6. The average Bonchev–Trinajstić information content (AvgIpc) is 3.08. The highest BCUT2D eigenvalue weighted by Gasteiger charge is 2.47. The van der Waals surface area contributed by atoms with Gasteiger partial charge in [-0.05, 0) is 68.2 Å². The fourth-order valence-corrected chi connectivity index (χ4v) is 4.97. The molecule has 1 aromatic carbocycles. The largest absolute Gasteiger partial charge is 0.384 e. The van der Waals surface area contributed by atoms with Crippen LogP contribution < -0.4 is 4.90 Å². The van der Waals surface area contributed by atoms with Crippen molar-refractivity contribution in [2.45, 2.75) is 39.7 Å². The molecule has 0 bridgehead atoms. The number of ether oxygens (including phenoxy) is 2. The fourth-order valence-electron chi connectivity index (χ4n) is 4.97. The number of aliphatic hydroxyl groups excluding tert-OH is 1. The predicted molar refractivity (Wildman–Crippen MR) is 142 cm³/mol. The van der Waals surface area contributed by atoms with Gasteiger partial charge in [0.05, 0.1) is 18.1 Å². The van der Waals surface area contributed by atoms with Gasteiger partial charge in [0, 0.05) is 45.1 Å². The zero-order valence-electron chi connectivity index (χ0n) is 22.3. The highest BCUT2D eigenvalue weighted by Crippen LogP contribution is 2.38. The molecule has 2 atom stereocenters. The van der Waals surface area contributed by atoms with Gasteiger partial charge in [-0.15, -0.1) is 0 Å². The standard InChI is InChI=1S/C29H39N2O5/c1-7-30(13-15-35-5)21-9-11-23(19(3)17-21)25-27(32)26(29(34)28(25)33)24-12-10-22(18-20(24)4)31(8-2)14-16-36-6/h9-12,17-18,25,28,33H,7-8,13-16H2,1-6H3/q+1. The maximum absolute atomic E-state index is 13.6. The molecule has 0 aromatic heterocycles. The molecule has 0 heterocycles. The number of carbonyl (C=O) groups is 2. The van der Waals surface area contributed by atoms with Crippen molar-refractivity contribution in [3.63, 3.8) is 0 Å². The first-order valence-corrected chi connectivity index (χ1v) is 12.6. The van der Waals surface area contributed by atoms with Crippen LogP contribution >= 0.6 is 0 Å². The van der Waals surface area contributed by atoms with Crippen LogP contribution in [0.3, 0.4) is 0 Å². The number of likely N-dealkylation sites (N-methyl/N-ethyl adjacent to an activating group) is 2. The molecule has 36 heavy (non-hydrogen) atoms. The van der Waals surface area contributed by atoms with Gasteiger partial charge in [0.2, 0.25) is 0 Å². The monoisotopic (exact) mass is 495 g/mol. The minimum atomic E-state index is -1.39. The summed E-state index contributed by atoms with van der Waals surface area (Å²) < 4.78 is 12.6. The number of anilines is 1. The van der Waals surface area contributed by atoms with E-state index in [2.05, 4.69) is 23.3 Å². The second-order valence-corrected chi connectivity index (χ2v) is 9.21. The molecule has 0 radical (unpaired) electrons. The summed E-state index contributed by atoms with van der Waals surface area (Å²) in [5.41, 5.74) is 5.10. The molecule has 7 heteroatoms. The maximum atomic E-state index is 13.6. The van der Waals surface area contributed by atoms with Crippen molar-refractivity contribution in [2.75, 3.05) is 58.5 Å². The Kier molecular flexibility index (Phi) is 9.54. The Labute approximate surface area is 214 Å². The van der Waals surface area contributed by atoms with E-state index in [1.165, 1.54) is 0 Å². The van der Waals surface area contributed by atoms with E-state index in [0.29, 0.717) is 24.4 Å². The first kappa shape index (κ1) is 27.7. The Bertz CT molecular complexity index is 1130. The lowest BCUT2D eigenvalue weighted by molar-refractivity contribution is -0.525. The lowest BCUT2D eigenvalue weighted by Crippen LogP contribution is -2.27. The molecule has 0 aliphatic heterocycles. The summed E-state index contributed by atoms with van der Waals surface area (Å²) in [5.74, 6) is -1.73. The molecule has 2 unspecified atom stereocenters. The number of carbonyl (C=O) groups excluding carboxylic acids is 2. The lowest BCUT2D eigenvalue weighted by atomic mass is 9.89. The van der Waals surface area contributed by atoms with Crippen molar-refractivity contribution < 1.29 is 28.7 Å². The molecular weight excluding hydrogens is 456 g/mol.